The van der Waals surface area contributed by atoms with E-state index in [0.717, 1.165) is 24.3 Å². The molecule has 144 valence electrons. The number of sulfone groups is 1. The number of nitrogens with one attached hydrogen (secondary N) is 2. The van der Waals surface area contributed by atoms with Crippen molar-refractivity contribution in [1.29, 1.82) is 0 Å². The fourth-order valence-corrected chi connectivity index (χ4v) is 4.77. The van der Waals surface area contributed by atoms with Gasteiger partial charge in [0.25, 0.3) is 0 Å². The van der Waals surface area contributed by atoms with Crippen LogP contribution in [0.3, 0.4) is 0 Å². The van der Waals surface area contributed by atoms with Crippen LogP contribution in [0.2, 0.25) is 0 Å². The van der Waals surface area contributed by atoms with Gasteiger partial charge < -0.3 is 15.5 Å². The van der Waals surface area contributed by atoms with Gasteiger partial charge in [-0.1, -0.05) is 0 Å². The summed E-state index contributed by atoms with van der Waals surface area (Å²) in [5, 5.41) is 5.37. The van der Waals surface area contributed by atoms with Crippen molar-refractivity contribution in [2.24, 2.45) is 0 Å². The minimum atomic E-state index is -3.06. The average molecular weight is 381 g/mol. The zero-order valence-electron chi connectivity index (χ0n) is 15.5. The molecule has 1 unspecified atom stereocenters. The Morgan fingerprint density at radius 1 is 1.19 bits per heavy atom. The van der Waals surface area contributed by atoms with Gasteiger partial charge in [0.15, 0.2) is 9.84 Å². The van der Waals surface area contributed by atoms with E-state index in [1.54, 1.807) is 0 Å². The normalized spacial score (nSPS) is 18.3. The number of carbonyl (C=O) groups is 2. The lowest BCUT2D eigenvalue weighted by Gasteiger charge is -2.22. The van der Waals surface area contributed by atoms with Gasteiger partial charge in [-0.2, -0.15) is 0 Å². The molecule has 1 atom stereocenters. The topological polar surface area (TPSA) is 95.6 Å². The molecule has 1 aromatic carbocycles. The van der Waals surface area contributed by atoms with E-state index in [1.165, 1.54) is 0 Å². The van der Waals surface area contributed by atoms with Gasteiger partial charge >= 0.3 is 0 Å². The monoisotopic (exact) mass is 381 g/mol. The van der Waals surface area contributed by atoms with Crippen molar-refractivity contribution in [3.63, 3.8) is 0 Å². The highest BCUT2D eigenvalue weighted by Crippen LogP contribution is 2.22. The van der Waals surface area contributed by atoms with Crippen LogP contribution < -0.4 is 15.5 Å². The molecule has 7 nitrogen and oxygen atoms in total. The molecule has 0 spiro atoms. The zero-order chi connectivity index (χ0) is 19.3. The highest BCUT2D eigenvalue weighted by Gasteiger charge is 2.29. The first-order valence-corrected chi connectivity index (χ1v) is 10.7. The van der Waals surface area contributed by atoms with Crippen molar-refractivity contribution >= 4 is 33.0 Å². The Bertz CT molecular complexity index is 773. The van der Waals surface area contributed by atoms with Gasteiger partial charge in [0.05, 0.1) is 11.5 Å². The maximum atomic E-state index is 12.1. The molecule has 1 aliphatic heterocycles. The number of benzene rings is 1. The highest BCUT2D eigenvalue weighted by atomic mass is 32.2. The van der Waals surface area contributed by atoms with Gasteiger partial charge in [0, 0.05) is 30.5 Å². The zero-order valence-corrected chi connectivity index (χ0v) is 16.4. The molecular weight excluding hydrogens is 354 g/mol. The number of aryl methyl sites for hydroxylation is 1. The molecule has 1 aromatic rings. The summed E-state index contributed by atoms with van der Waals surface area (Å²) in [6, 6.07) is 5.39. The Morgan fingerprint density at radius 3 is 2.42 bits per heavy atom. The minimum Gasteiger partial charge on any atom is -0.372 e. The fraction of sp³-hybridized carbons (Fsp3) is 0.556. The number of hydrogen-bond acceptors (Lipinski definition) is 5. The van der Waals surface area contributed by atoms with E-state index in [-0.39, 0.29) is 17.9 Å². The Balaban J connectivity index is 1.90. The molecule has 8 heteroatoms. The molecule has 0 aliphatic carbocycles. The third kappa shape index (κ3) is 5.45. The van der Waals surface area contributed by atoms with E-state index in [4.69, 9.17) is 0 Å². The molecule has 0 aromatic heterocycles. The molecule has 1 fully saturated rings. The second-order valence-corrected chi connectivity index (χ2v) is 8.79. The SMILES string of the molecule is CCN(CC)c1ccc(NC(=O)CC(=O)NC2CCS(=O)(=O)C2)c(C)c1. The number of nitrogens with zero attached hydrogens (tertiary/aromatic N) is 1. The summed E-state index contributed by atoms with van der Waals surface area (Å²) in [6.07, 6.45) is 0.0788. The van der Waals surface area contributed by atoms with Crippen molar-refractivity contribution in [3.8, 4) is 0 Å². The van der Waals surface area contributed by atoms with E-state index in [0.29, 0.717) is 12.1 Å². The Hall–Kier alpha value is -2.09. The van der Waals surface area contributed by atoms with Gasteiger partial charge in [-0.05, 0) is 51.0 Å². The predicted octanol–water partition coefficient (Wildman–Crippen LogP) is 1.47. The summed E-state index contributed by atoms with van der Waals surface area (Å²) >= 11 is 0. The summed E-state index contributed by atoms with van der Waals surface area (Å²) in [7, 11) is -3.06. The summed E-state index contributed by atoms with van der Waals surface area (Å²) in [5.41, 5.74) is 2.68. The smallest absolute Gasteiger partial charge is 0.233 e. The lowest BCUT2D eigenvalue weighted by Crippen LogP contribution is -2.37. The molecule has 0 saturated carbocycles. The predicted molar refractivity (Wildman–Crippen MR) is 103 cm³/mol. The van der Waals surface area contributed by atoms with Crippen LogP contribution in [-0.4, -0.2) is 50.9 Å². The van der Waals surface area contributed by atoms with Gasteiger partial charge in [0.2, 0.25) is 11.8 Å². The number of anilines is 2. The quantitative estimate of drug-likeness (QED) is 0.698. The minimum absolute atomic E-state index is 0.0493. The summed E-state index contributed by atoms with van der Waals surface area (Å²) in [5.74, 6) is -0.835. The van der Waals surface area contributed by atoms with Gasteiger partial charge in [0.1, 0.15) is 6.42 Å². The van der Waals surface area contributed by atoms with E-state index in [2.05, 4.69) is 29.4 Å². The molecule has 1 heterocycles. The maximum absolute atomic E-state index is 12.1. The molecule has 1 saturated heterocycles. The first-order chi connectivity index (χ1) is 12.2. The summed E-state index contributed by atoms with van der Waals surface area (Å²) < 4.78 is 22.8. The Morgan fingerprint density at radius 2 is 1.88 bits per heavy atom. The van der Waals surface area contributed by atoms with Gasteiger partial charge in [-0.15, -0.1) is 0 Å². The Labute approximate surface area is 155 Å². The lowest BCUT2D eigenvalue weighted by molar-refractivity contribution is -0.127. The van der Waals surface area contributed by atoms with Crippen molar-refractivity contribution in [2.45, 2.75) is 39.7 Å². The van der Waals surface area contributed by atoms with Crippen molar-refractivity contribution < 1.29 is 18.0 Å². The van der Waals surface area contributed by atoms with E-state index < -0.39 is 27.7 Å². The number of carbonyl (C=O) groups excluding carboxylic acids is 2. The van der Waals surface area contributed by atoms with Crippen LogP contribution in [0.15, 0.2) is 18.2 Å². The maximum Gasteiger partial charge on any atom is 0.233 e. The van der Waals surface area contributed by atoms with Crippen LogP contribution in [-0.2, 0) is 19.4 Å². The van der Waals surface area contributed by atoms with Crippen LogP contribution in [0.25, 0.3) is 0 Å². The second-order valence-electron chi connectivity index (χ2n) is 6.56. The number of hydrogen-bond donors (Lipinski definition) is 2. The van der Waals surface area contributed by atoms with Crippen molar-refractivity contribution in [1.82, 2.24) is 5.32 Å². The molecule has 2 amide bonds. The fourth-order valence-electron chi connectivity index (χ4n) is 3.10. The molecule has 0 radical (unpaired) electrons. The molecule has 0 bridgehead atoms. The third-order valence-corrected chi connectivity index (χ3v) is 6.30. The number of amides is 2. The summed E-state index contributed by atoms with van der Waals surface area (Å²) in [6.45, 7) is 7.88. The number of rotatable bonds is 7. The van der Waals surface area contributed by atoms with Crippen molar-refractivity contribution in [2.75, 3.05) is 34.8 Å². The van der Waals surface area contributed by atoms with Crippen LogP contribution in [0.1, 0.15) is 32.3 Å². The average Bonchev–Trinajstić information content (AvgIpc) is 2.89. The van der Waals surface area contributed by atoms with Crippen LogP contribution in [0, 0.1) is 6.92 Å². The second kappa shape index (κ2) is 8.53. The molecule has 26 heavy (non-hydrogen) atoms. The summed E-state index contributed by atoms with van der Waals surface area (Å²) in [4.78, 5) is 26.3. The standard InChI is InChI=1S/C18H27N3O4S/c1-4-21(5-2)15-6-7-16(13(3)10-15)20-18(23)11-17(22)19-14-8-9-26(24,25)12-14/h6-7,10,14H,4-5,8-9,11-12H2,1-3H3,(H,19,22)(H,20,23). The molecule has 1 aliphatic rings. The highest BCUT2D eigenvalue weighted by molar-refractivity contribution is 7.91. The first-order valence-electron chi connectivity index (χ1n) is 8.89. The van der Waals surface area contributed by atoms with Crippen LogP contribution in [0.5, 0.6) is 0 Å². The van der Waals surface area contributed by atoms with E-state index >= 15 is 0 Å². The van der Waals surface area contributed by atoms with Crippen molar-refractivity contribution in [3.05, 3.63) is 23.8 Å². The molecule has 2 N–H and O–H groups in total. The van der Waals surface area contributed by atoms with Gasteiger partial charge in [-0.3, -0.25) is 9.59 Å². The molecule has 2 rings (SSSR count). The van der Waals surface area contributed by atoms with Gasteiger partial charge in [-0.25, -0.2) is 8.42 Å². The van der Waals surface area contributed by atoms with Crippen LogP contribution in [0.4, 0.5) is 11.4 Å². The lowest BCUT2D eigenvalue weighted by atomic mass is 10.1. The first kappa shape index (κ1) is 20.2. The Kier molecular flexibility index (Phi) is 6.63. The largest absolute Gasteiger partial charge is 0.372 e. The van der Waals surface area contributed by atoms with Crippen LogP contribution >= 0.6 is 0 Å². The molecular formula is C18H27N3O4S. The van der Waals surface area contributed by atoms with E-state index in [9.17, 15) is 18.0 Å². The van der Waals surface area contributed by atoms with E-state index in [1.807, 2.05) is 25.1 Å². The third-order valence-electron chi connectivity index (χ3n) is 4.53.